The summed E-state index contributed by atoms with van der Waals surface area (Å²) >= 11 is 0. The number of likely N-dealkylation sites (N-methyl/N-ethyl adjacent to an activating group) is 1. The van der Waals surface area contributed by atoms with Gasteiger partial charge in [-0.3, -0.25) is 4.79 Å². The second-order valence-corrected chi connectivity index (χ2v) is 7.31. The lowest BCUT2D eigenvalue weighted by Crippen LogP contribution is -2.38. The van der Waals surface area contributed by atoms with Crippen molar-refractivity contribution >= 4 is 11.6 Å². The Hall–Kier alpha value is -2.69. The summed E-state index contributed by atoms with van der Waals surface area (Å²) in [5, 5.41) is 0. The molecular formula is C23H30N2O3. The molecule has 0 radical (unpaired) electrons. The number of amides is 1. The number of para-hydroxylation sites is 1. The summed E-state index contributed by atoms with van der Waals surface area (Å²) in [5.74, 6) is 1.38. The second kappa shape index (κ2) is 9.49. The molecule has 1 amide bonds. The lowest BCUT2D eigenvalue weighted by Gasteiger charge is -2.32. The van der Waals surface area contributed by atoms with Gasteiger partial charge in [0.25, 0.3) is 5.91 Å². The van der Waals surface area contributed by atoms with Crippen molar-refractivity contribution in [2.75, 3.05) is 32.1 Å². The Kier molecular flexibility index (Phi) is 6.80. The lowest BCUT2D eigenvalue weighted by molar-refractivity contribution is -0.137. The monoisotopic (exact) mass is 382 g/mol. The Morgan fingerprint density at radius 3 is 2.36 bits per heavy atom. The highest BCUT2D eigenvalue weighted by atomic mass is 16.5. The molecule has 2 aromatic rings. The van der Waals surface area contributed by atoms with E-state index in [0.29, 0.717) is 12.3 Å². The Morgan fingerprint density at radius 1 is 1.04 bits per heavy atom. The van der Waals surface area contributed by atoms with Crippen LogP contribution < -0.4 is 14.4 Å². The van der Waals surface area contributed by atoms with Crippen LogP contribution in [0.4, 0.5) is 5.69 Å². The molecule has 150 valence electrons. The molecule has 0 bridgehead atoms. The van der Waals surface area contributed by atoms with Crippen LogP contribution in [-0.2, 0) is 11.3 Å². The molecule has 1 aliphatic rings. The highest BCUT2D eigenvalue weighted by Crippen LogP contribution is 2.25. The summed E-state index contributed by atoms with van der Waals surface area (Å²) < 4.78 is 11.0. The van der Waals surface area contributed by atoms with E-state index in [2.05, 4.69) is 23.1 Å². The fourth-order valence-electron chi connectivity index (χ4n) is 3.64. The summed E-state index contributed by atoms with van der Waals surface area (Å²) in [4.78, 5) is 17.0. The molecule has 0 aromatic heterocycles. The first-order valence-corrected chi connectivity index (χ1v) is 9.97. The van der Waals surface area contributed by atoms with E-state index in [1.54, 1.807) is 18.9 Å². The van der Waals surface area contributed by atoms with E-state index in [-0.39, 0.29) is 5.91 Å². The Morgan fingerprint density at radius 2 is 1.68 bits per heavy atom. The van der Waals surface area contributed by atoms with Crippen LogP contribution in [-0.4, -0.2) is 44.2 Å². The molecule has 3 rings (SSSR count). The van der Waals surface area contributed by atoms with E-state index in [9.17, 15) is 4.79 Å². The molecule has 1 saturated heterocycles. The third-order valence-corrected chi connectivity index (χ3v) is 5.19. The summed E-state index contributed by atoms with van der Waals surface area (Å²) in [5.41, 5.74) is 2.42. The van der Waals surface area contributed by atoms with Crippen molar-refractivity contribution in [1.82, 2.24) is 4.90 Å². The Balaban J connectivity index is 1.63. The van der Waals surface area contributed by atoms with Gasteiger partial charge in [-0.2, -0.15) is 0 Å². The van der Waals surface area contributed by atoms with Crippen LogP contribution in [0.5, 0.6) is 11.5 Å². The van der Waals surface area contributed by atoms with Crippen LogP contribution >= 0.6 is 0 Å². The summed E-state index contributed by atoms with van der Waals surface area (Å²) in [7, 11) is 3.46. The highest BCUT2D eigenvalue weighted by Gasteiger charge is 2.21. The lowest BCUT2D eigenvalue weighted by atomic mass is 10.1. The van der Waals surface area contributed by atoms with Crippen molar-refractivity contribution in [1.29, 1.82) is 0 Å². The number of benzene rings is 2. The summed E-state index contributed by atoms with van der Waals surface area (Å²) in [6.07, 6.45) is 3.21. The molecule has 0 saturated carbocycles. The van der Waals surface area contributed by atoms with Crippen molar-refractivity contribution in [3.63, 3.8) is 0 Å². The molecule has 1 heterocycles. The third-order valence-electron chi connectivity index (χ3n) is 5.19. The van der Waals surface area contributed by atoms with E-state index in [4.69, 9.17) is 9.47 Å². The number of methoxy groups -OCH3 is 1. The molecule has 0 spiro atoms. The quantitative estimate of drug-likeness (QED) is 0.723. The van der Waals surface area contributed by atoms with Gasteiger partial charge < -0.3 is 19.3 Å². The normalized spacial score (nSPS) is 15.0. The first-order chi connectivity index (χ1) is 13.6. The molecule has 1 fully saturated rings. The number of carbonyl (C=O) groups excluding carboxylic acids is 1. The SMILES string of the molecule is COc1ccc(OC(C)C(=O)N(C)Cc2ccccc2N2CCCCC2)cc1. The predicted molar refractivity (Wildman–Crippen MR) is 112 cm³/mol. The van der Waals surface area contributed by atoms with E-state index in [0.717, 1.165) is 18.8 Å². The van der Waals surface area contributed by atoms with Gasteiger partial charge in [0, 0.05) is 32.4 Å². The molecule has 5 nitrogen and oxygen atoms in total. The number of piperidine rings is 1. The zero-order valence-corrected chi connectivity index (χ0v) is 17.1. The molecular weight excluding hydrogens is 352 g/mol. The molecule has 0 aliphatic carbocycles. The predicted octanol–water partition coefficient (Wildman–Crippen LogP) is 4.11. The van der Waals surface area contributed by atoms with Crippen molar-refractivity contribution < 1.29 is 14.3 Å². The van der Waals surface area contributed by atoms with Gasteiger partial charge in [-0.1, -0.05) is 18.2 Å². The van der Waals surface area contributed by atoms with Crippen molar-refractivity contribution in [3.8, 4) is 11.5 Å². The van der Waals surface area contributed by atoms with Crippen molar-refractivity contribution in [3.05, 3.63) is 54.1 Å². The minimum absolute atomic E-state index is 0.0377. The smallest absolute Gasteiger partial charge is 0.263 e. The van der Waals surface area contributed by atoms with Crippen LogP contribution in [0, 0.1) is 0 Å². The van der Waals surface area contributed by atoms with Crippen LogP contribution in [0.25, 0.3) is 0 Å². The topological polar surface area (TPSA) is 42.0 Å². The van der Waals surface area contributed by atoms with E-state index < -0.39 is 6.10 Å². The van der Waals surface area contributed by atoms with Gasteiger partial charge in [0.1, 0.15) is 11.5 Å². The Bertz CT molecular complexity index is 770. The standard InChI is InChI=1S/C23H30N2O3/c1-18(28-21-13-11-20(27-3)12-14-21)23(26)24(2)17-19-9-5-6-10-22(19)25-15-7-4-8-16-25/h5-6,9-14,18H,4,7-8,15-17H2,1-3H3. The largest absolute Gasteiger partial charge is 0.497 e. The van der Waals surface area contributed by atoms with Gasteiger partial charge in [0.2, 0.25) is 0 Å². The number of nitrogens with zero attached hydrogens (tertiary/aromatic N) is 2. The van der Waals surface area contributed by atoms with Gasteiger partial charge in [-0.05, 0) is 62.1 Å². The average molecular weight is 383 g/mol. The summed E-state index contributed by atoms with van der Waals surface area (Å²) in [6, 6.07) is 15.7. The zero-order chi connectivity index (χ0) is 19.9. The van der Waals surface area contributed by atoms with E-state index >= 15 is 0 Å². The first kappa shape index (κ1) is 20.1. The number of hydrogen-bond donors (Lipinski definition) is 0. The third kappa shape index (κ3) is 4.97. The molecule has 1 unspecified atom stereocenters. The van der Waals surface area contributed by atoms with Gasteiger partial charge in [-0.15, -0.1) is 0 Å². The Labute approximate surface area is 167 Å². The molecule has 28 heavy (non-hydrogen) atoms. The van der Waals surface area contributed by atoms with Crippen LogP contribution in [0.2, 0.25) is 0 Å². The molecule has 1 aliphatic heterocycles. The van der Waals surface area contributed by atoms with E-state index in [1.165, 1.54) is 30.5 Å². The van der Waals surface area contributed by atoms with Crippen LogP contribution in [0.1, 0.15) is 31.7 Å². The second-order valence-electron chi connectivity index (χ2n) is 7.31. The number of ether oxygens (including phenoxy) is 2. The number of carbonyl (C=O) groups is 1. The minimum atomic E-state index is -0.555. The summed E-state index contributed by atoms with van der Waals surface area (Å²) in [6.45, 7) is 4.54. The average Bonchev–Trinajstić information content (AvgIpc) is 2.74. The zero-order valence-electron chi connectivity index (χ0n) is 17.1. The number of anilines is 1. The molecule has 2 aromatic carbocycles. The van der Waals surface area contributed by atoms with Crippen LogP contribution in [0.15, 0.2) is 48.5 Å². The first-order valence-electron chi connectivity index (χ1n) is 9.97. The van der Waals surface area contributed by atoms with Crippen LogP contribution in [0.3, 0.4) is 0 Å². The molecule has 5 heteroatoms. The fourth-order valence-corrected chi connectivity index (χ4v) is 3.64. The molecule has 0 N–H and O–H groups in total. The van der Waals surface area contributed by atoms with Gasteiger partial charge >= 0.3 is 0 Å². The maximum absolute atomic E-state index is 12.8. The van der Waals surface area contributed by atoms with E-state index in [1.807, 2.05) is 37.4 Å². The van der Waals surface area contributed by atoms with Gasteiger partial charge in [-0.25, -0.2) is 0 Å². The minimum Gasteiger partial charge on any atom is -0.497 e. The fraction of sp³-hybridized carbons (Fsp3) is 0.435. The molecule has 1 atom stereocenters. The highest BCUT2D eigenvalue weighted by molar-refractivity contribution is 5.80. The maximum atomic E-state index is 12.8. The van der Waals surface area contributed by atoms with Gasteiger partial charge in [0.15, 0.2) is 6.10 Å². The number of rotatable bonds is 7. The number of hydrogen-bond acceptors (Lipinski definition) is 4. The van der Waals surface area contributed by atoms with Gasteiger partial charge in [0.05, 0.1) is 7.11 Å². The van der Waals surface area contributed by atoms with Crippen molar-refractivity contribution in [2.24, 2.45) is 0 Å². The van der Waals surface area contributed by atoms with Crippen molar-refractivity contribution in [2.45, 2.75) is 38.8 Å². The maximum Gasteiger partial charge on any atom is 0.263 e.